The second-order valence-corrected chi connectivity index (χ2v) is 6.22. The molecule has 12 nitrogen and oxygen atoms in total. The number of nitrogens with one attached hydrogen (secondary N) is 1. The van der Waals surface area contributed by atoms with Gasteiger partial charge in [-0.05, 0) is 0 Å². The molecule has 0 saturated carbocycles. The van der Waals surface area contributed by atoms with Gasteiger partial charge in [0.1, 0.15) is 6.35 Å². The lowest BCUT2D eigenvalue weighted by atomic mass is 10.5. The van der Waals surface area contributed by atoms with Crippen molar-refractivity contribution in [2.75, 3.05) is 25.3 Å². The van der Waals surface area contributed by atoms with Crippen LogP contribution < -0.4 is 11.3 Å². The molecule has 2 rings (SSSR count). The van der Waals surface area contributed by atoms with E-state index in [0.717, 1.165) is 0 Å². The number of nitrogens with two attached hydrogens (primary N) is 1. The van der Waals surface area contributed by atoms with Crippen LogP contribution in [-0.2, 0) is 20.4 Å². The minimum atomic E-state index is -4.18. The van der Waals surface area contributed by atoms with E-state index in [2.05, 4.69) is 19.5 Å². The molecule has 0 amide bonds. The second kappa shape index (κ2) is 7.17. The molecule has 0 bridgehead atoms. The zero-order chi connectivity index (χ0) is 17.0. The van der Waals surface area contributed by atoms with Crippen molar-refractivity contribution in [2.45, 2.75) is 12.8 Å². The number of H-pyrrole nitrogens is 1. The topological polar surface area (TPSA) is 186 Å². The van der Waals surface area contributed by atoms with E-state index in [-0.39, 0.29) is 30.3 Å². The maximum absolute atomic E-state index is 11.6. The molecule has 0 saturated heterocycles. The first-order valence-corrected chi connectivity index (χ1v) is 8.16. The lowest BCUT2D eigenvalue weighted by Crippen LogP contribution is -2.17. The third-order valence-corrected chi connectivity index (χ3v) is 3.75. The highest BCUT2D eigenvalue weighted by atomic mass is 31.2. The van der Waals surface area contributed by atoms with E-state index < -0.39 is 32.4 Å². The Bertz CT molecular complexity index is 775. The number of fused-ring (bicyclic) bond motifs is 1. The molecule has 0 radical (unpaired) electrons. The molecule has 0 spiro atoms. The quantitative estimate of drug-likeness (QED) is 0.206. The highest BCUT2D eigenvalue weighted by Gasteiger charge is 2.23. The van der Waals surface area contributed by atoms with Crippen molar-refractivity contribution >= 4 is 24.7 Å². The van der Waals surface area contributed by atoms with Gasteiger partial charge in [0.15, 0.2) is 17.5 Å². The summed E-state index contributed by atoms with van der Waals surface area (Å²) in [5.74, 6) is -0.0589. The molecule has 2 unspecified atom stereocenters. The van der Waals surface area contributed by atoms with Gasteiger partial charge in [-0.25, -0.2) is 4.98 Å². The van der Waals surface area contributed by atoms with Gasteiger partial charge < -0.3 is 30.1 Å². The first-order chi connectivity index (χ1) is 10.8. The lowest BCUT2D eigenvalue weighted by Gasteiger charge is -2.15. The van der Waals surface area contributed by atoms with Crippen LogP contribution in [0.2, 0.25) is 0 Å². The van der Waals surface area contributed by atoms with Crippen LogP contribution in [0.3, 0.4) is 0 Å². The molecule has 0 aliphatic rings. The number of hydrogen-bond acceptors (Lipinski definition) is 9. The van der Waals surface area contributed by atoms with Gasteiger partial charge in [0.2, 0.25) is 5.95 Å². The van der Waals surface area contributed by atoms with Gasteiger partial charge in [0.25, 0.3) is 5.56 Å². The van der Waals surface area contributed by atoms with Crippen LogP contribution in [0.25, 0.3) is 11.2 Å². The van der Waals surface area contributed by atoms with E-state index in [1.807, 2.05) is 0 Å². The SMILES string of the molecule is Nc1nc2c(ncn2CCOCP(=O)(O)OC(O)CO)c(=O)[nH]1. The van der Waals surface area contributed by atoms with Gasteiger partial charge >= 0.3 is 7.60 Å². The summed E-state index contributed by atoms with van der Waals surface area (Å²) in [7, 11) is -4.18. The molecule has 0 aliphatic heterocycles. The predicted molar refractivity (Wildman–Crippen MR) is 77.4 cm³/mol. The molecule has 0 aliphatic carbocycles. The fourth-order valence-electron chi connectivity index (χ4n) is 1.73. The number of aliphatic hydroxyl groups is 2. The van der Waals surface area contributed by atoms with Crippen molar-refractivity contribution < 1.29 is 28.9 Å². The number of imidazole rings is 1. The van der Waals surface area contributed by atoms with E-state index in [4.69, 9.17) is 20.7 Å². The van der Waals surface area contributed by atoms with Gasteiger partial charge in [-0.2, -0.15) is 4.98 Å². The Hall–Kier alpha value is -1.82. The first kappa shape index (κ1) is 17.5. The summed E-state index contributed by atoms with van der Waals surface area (Å²) in [6.45, 7) is -0.634. The molecule has 13 heteroatoms. The van der Waals surface area contributed by atoms with Crippen molar-refractivity contribution in [1.29, 1.82) is 0 Å². The van der Waals surface area contributed by atoms with Gasteiger partial charge in [-0.3, -0.25) is 18.9 Å². The Kier molecular flexibility index (Phi) is 5.46. The minimum Gasteiger partial charge on any atom is -0.391 e. The number of nitrogen functional groups attached to an aromatic ring is 1. The average Bonchev–Trinajstić information content (AvgIpc) is 2.86. The number of anilines is 1. The summed E-state index contributed by atoms with van der Waals surface area (Å²) >= 11 is 0. The Balaban J connectivity index is 1.92. The molecule has 2 aromatic heterocycles. The van der Waals surface area contributed by atoms with E-state index >= 15 is 0 Å². The molecular weight excluding hydrogens is 333 g/mol. The van der Waals surface area contributed by atoms with E-state index in [9.17, 15) is 14.3 Å². The minimum absolute atomic E-state index is 0.0109. The van der Waals surface area contributed by atoms with Crippen molar-refractivity contribution in [2.24, 2.45) is 0 Å². The molecule has 2 aromatic rings. The number of ether oxygens (including phenoxy) is 1. The van der Waals surface area contributed by atoms with Crippen molar-refractivity contribution in [3.63, 3.8) is 0 Å². The third kappa shape index (κ3) is 4.58. The number of aromatic nitrogens is 4. The van der Waals surface area contributed by atoms with Crippen molar-refractivity contribution in [1.82, 2.24) is 19.5 Å². The monoisotopic (exact) mass is 349 g/mol. The number of nitrogens with zero attached hydrogens (tertiary/aromatic N) is 3. The Morgan fingerprint density at radius 3 is 2.96 bits per heavy atom. The summed E-state index contributed by atoms with van der Waals surface area (Å²) < 4.78 is 22.3. The molecule has 0 aromatic carbocycles. The number of aromatic amines is 1. The zero-order valence-corrected chi connectivity index (χ0v) is 12.7. The fraction of sp³-hybridized carbons (Fsp3) is 0.500. The molecule has 23 heavy (non-hydrogen) atoms. The summed E-state index contributed by atoms with van der Waals surface area (Å²) in [6, 6.07) is 0. The van der Waals surface area contributed by atoms with Crippen LogP contribution in [0.5, 0.6) is 0 Å². The summed E-state index contributed by atoms with van der Waals surface area (Å²) in [5.41, 5.74) is 5.35. The Morgan fingerprint density at radius 2 is 2.26 bits per heavy atom. The van der Waals surface area contributed by atoms with Gasteiger partial charge in [0.05, 0.1) is 19.5 Å². The molecule has 0 fully saturated rings. The van der Waals surface area contributed by atoms with Crippen LogP contribution in [0.1, 0.15) is 0 Å². The largest absolute Gasteiger partial charge is 0.391 e. The van der Waals surface area contributed by atoms with Crippen LogP contribution in [0, 0.1) is 0 Å². The standard InChI is InChI=1S/C10H16N5O7P/c11-10-13-8-7(9(18)14-10)12-4-15(8)1-2-21-5-23(19,20)22-6(17)3-16/h4,6,16-17H,1-3,5H2,(H,19,20)(H3,11,13,14,18). The van der Waals surface area contributed by atoms with Gasteiger partial charge in [0, 0.05) is 6.54 Å². The average molecular weight is 349 g/mol. The Labute approximate surface area is 129 Å². The van der Waals surface area contributed by atoms with Gasteiger partial charge in [-0.1, -0.05) is 0 Å². The smallest absolute Gasteiger partial charge is 0.355 e. The molecule has 6 N–H and O–H groups in total. The number of hydrogen-bond donors (Lipinski definition) is 5. The number of rotatable bonds is 8. The molecule has 2 heterocycles. The van der Waals surface area contributed by atoms with Crippen LogP contribution in [0.15, 0.2) is 11.1 Å². The zero-order valence-electron chi connectivity index (χ0n) is 11.8. The molecular formula is C10H16N5O7P. The number of aliphatic hydroxyl groups excluding tert-OH is 2. The molecule has 2 atom stereocenters. The van der Waals surface area contributed by atoms with E-state index in [0.29, 0.717) is 0 Å². The van der Waals surface area contributed by atoms with E-state index in [1.165, 1.54) is 10.9 Å². The van der Waals surface area contributed by atoms with Crippen LogP contribution in [0.4, 0.5) is 5.95 Å². The predicted octanol–water partition coefficient (Wildman–Crippen LogP) is -1.81. The van der Waals surface area contributed by atoms with E-state index in [1.54, 1.807) is 0 Å². The highest BCUT2D eigenvalue weighted by molar-refractivity contribution is 7.52. The van der Waals surface area contributed by atoms with Crippen LogP contribution in [-0.4, -0.2) is 60.5 Å². The summed E-state index contributed by atoms with van der Waals surface area (Å²) in [5, 5.41) is 17.5. The second-order valence-electron chi connectivity index (χ2n) is 4.48. The first-order valence-electron chi connectivity index (χ1n) is 6.40. The Morgan fingerprint density at radius 1 is 1.52 bits per heavy atom. The van der Waals surface area contributed by atoms with Crippen molar-refractivity contribution in [3.05, 3.63) is 16.7 Å². The normalized spacial score (nSPS) is 15.6. The molecule has 128 valence electrons. The maximum Gasteiger partial charge on any atom is 0.355 e. The summed E-state index contributed by atoms with van der Waals surface area (Å²) in [4.78, 5) is 31.1. The van der Waals surface area contributed by atoms with Gasteiger partial charge in [-0.15, -0.1) is 0 Å². The maximum atomic E-state index is 11.6. The summed E-state index contributed by atoms with van der Waals surface area (Å²) in [6.07, 6.45) is -1.07. The lowest BCUT2D eigenvalue weighted by molar-refractivity contribution is -0.0635. The van der Waals surface area contributed by atoms with Crippen molar-refractivity contribution in [3.8, 4) is 0 Å². The fourth-order valence-corrected chi connectivity index (χ4v) is 2.60. The van der Waals surface area contributed by atoms with Crippen LogP contribution >= 0.6 is 7.60 Å². The third-order valence-electron chi connectivity index (χ3n) is 2.67. The highest BCUT2D eigenvalue weighted by Crippen LogP contribution is 2.42.